The van der Waals surface area contributed by atoms with Crippen LogP contribution in [0.2, 0.25) is 0 Å². The summed E-state index contributed by atoms with van der Waals surface area (Å²) in [5.41, 5.74) is 0.689. The van der Waals surface area contributed by atoms with Crippen LogP contribution in [0.15, 0.2) is 22.7 Å². The van der Waals surface area contributed by atoms with Crippen LogP contribution in [0.3, 0.4) is 0 Å². The first-order valence-electron chi connectivity index (χ1n) is 4.88. The maximum absolute atomic E-state index is 11.8. The largest absolute Gasteiger partial charge is 0.352 e. The van der Waals surface area contributed by atoms with Gasteiger partial charge in [-0.05, 0) is 63.1 Å². The van der Waals surface area contributed by atoms with E-state index in [0.29, 0.717) is 16.9 Å². The number of nitrogens with one attached hydrogen (secondary N) is 1. The number of carbonyl (C=O) groups is 1. The van der Waals surface area contributed by atoms with E-state index in [4.69, 9.17) is 0 Å². The normalized spacial score (nSPS) is 12.2. The van der Waals surface area contributed by atoms with Crippen LogP contribution in [-0.4, -0.2) is 17.3 Å². The maximum atomic E-state index is 11.8. The summed E-state index contributed by atoms with van der Waals surface area (Å²) < 4.78 is 1.89. The second-order valence-corrected chi connectivity index (χ2v) is 7.11. The summed E-state index contributed by atoms with van der Waals surface area (Å²) in [5.74, 6) is -0.0291. The summed E-state index contributed by atoms with van der Waals surface area (Å²) in [7, 11) is 0. The lowest BCUT2D eigenvalue weighted by molar-refractivity contribution is 0.0952. The molecule has 1 aromatic rings. The number of amides is 1. The molecule has 0 heterocycles. The fourth-order valence-electron chi connectivity index (χ4n) is 1.15. The monoisotopic (exact) mass is 459 g/mol. The first-order chi connectivity index (χ1) is 7.50. The highest BCUT2D eigenvalue weighted by atomic mass is 127. The molecule has 0 fully saturated rings. The number of carbonyl (C=O) groups excluding carboxylic acids is 1. The second-order valence-electron chi connectivity index (χ2n) is 3.45. The fraction of sp³-hybridized carbons (Fsp3) is 0.364. The van der Waals surface area contributed by atoms with Gasteiger partial charge in [-0.2, -0.15) is 0 Å². The Balaban J connectivity index is 2.62. The molecule has 1 unspecified atom stereocenters. The van der Waals surface area contributed by atoms with Gasteiger partial charge in [0.05, 0.1) is 5.56 Å². The molecule has 0 saturated carbocycles. The molecule has 16 heavy (non-hydrogen) atoms. The molecule has 0 aliphatic heterocycles. The van der Waals surface area contributed by atoms with Crippen molar-refractivity contribution in [3.05, 3.63) is 31.8 Å². The number of hydrogen-bond donors (Lipinski definition) is 1. The van der Waals surface area contributed by atoms with Gasteiger partial charge in [-0.3, -0.25) is 4.79 Å². The Labute approximate surface area is 126 Å². The molecule has 5 heteroatoms. The minimum Gasteiger partial charge on any atom is -0.352 e. The van der Waals surface area contributed by atoms with Crippen LogP contribution in [0.5, 0.6) is 0 Å². The van der Waals surface area contributed by atoms with Gasteiger partial charge in [0, 0.05) is 19.4 Å². The van der Waals surface area contributed by atoms with E-state index >= 15 is 0 Å². The van der Waals surface area contributed by atoms with Crippen molar-refractivity contribution in [2.45, 2.75) is 18.2 Å². The van der Waals surface area contributed by atoms with Crippen LogP contribution in [0.1, 0.15) is 23.7 Å². The van der Waals surface area contributed by atoms with Gasteiger partial charge in [-0.15, -0.1) is 0 Å². The molecule has 0 saturated heterocycles. The number of alkyl halides is 1. The Kier molecular flexibility index (Phi) is 6.28. The van der Waals surface area contributed by atoms with Crippen LogP contribution in [0.4, 0.5) is 0 Å². The molecule has 0 spiro atoms. The van der Waals surface area contributed by atoms with Gasteiger partial charge < -0.3 is 5.32 Å². The van der Waals surface area contributed by atoms with Gasteiger partial charge in [0.2, 0.25) is 0 Å². The molecule has 1 aromatic carbocycles. The summed E-state index contributed by atoms with van der Waals surface area (Å²) in [5, 5.41) is 2.90. The average Bonchev–Trinajstić information content (AvgIpc) is 2.21. The topological polar surface area (TPSA) is 29.1 Å². The molecule has 2 nitrogen and oxygen atoms in total. The third-order valence-electron chi connectivity index (χ3n) is 2.00. The lowest BCUT2D eigenvalue weighted by Gasteiger charge is -2.08. The zero-order valence-corrected chi connectivity index (χ0v) is 14.1. The van der Waals surface area contributed by atoms with E-state index in [1.807, 2.05) is 18.2 Å². The lowest BCUT2D eigenvalue weighted by atomic mass is 10.2. The molecule has 0 radical (unpaired) electrons. The lowest BCUT2D eigenvalue weighted by Crippen LogP contribution is -2.26. The summed E-state index contributed by atoms with van der Waals surface area (Å²) in [6, 6.07) is 5.73. The Morgan fingerprint density at radius 3 is 2.88 bits per heavy atom. The van der Waals surface area contributed by atoms with E-state index in [2.05, 4.69) is 66.7 Å². The SMILES string of the molecule is CC(Br)CCNC(=O)c1cc(I)ccc1Br. The van der Waals surface area contributed by atoms with E-state index in [9.17, 15) is 4.79 Å². The van der Waals surface area contributed by atoms with Crippen LogP contribution in [-0.2, 0) is 0 Å². The van der Waals surface area contributed by atoms with Crippen LogP contribution in [0, 0.1) is 3.57 Å². The Morgan fingerprint density at radius 2 is 2.25 bits per heavy atom. The summed E-state index contributed by atoms with van der Waals surface area (Å²) in [6.07, 6.45) is 0.924. The molecule has 1 amide bonds. The first-order valence-corrected chi connectivity index (χ1v) is 7.66. The minimum atomic E-state index is -0.0291. The molecule has 88 valence electrons. The van der Waals surface area contributed by atoms with Crippen molar-refractivity contribution in [2.75, 3.05) is 6.54 Å². The van der Waals surface area contributed by atoms with Crippen LogP contribution in [0.25, 0.3) is 0 Å². The van der Waals surface area contributed by atoms with Gasteiger partial charge in [0.1, 0.15) is 0 Å². The third-order valence-corrected chi connectivity index (χ3v) is 3.82. The number of rotatable bonds is 4. The highest BCUT2D eigenvalue weighted by Crippen LogP contribution is 2.19. The molecular formula is C11H12Br2INO. The Hall–Kier alpha value is 0.380. The van der Waals surface area contributed by atoms with E-state index in [0.717, 1.165) is 14.5 Å². The Morgan fingerprint density at radius 1 is 1.56 bits per heavy atom. The second kappa shape index (κ2) is 6.96. The average molecular weight is 461 g/mol. The predicted octanol–water partition coefficient (Wildman–Crippen LogP) is 3.96. The van der Waals surface area contributed by atoms with Gasteiger partial charge in [-0.25, -0.2) is 0 Å². The molecule has 1 N–H and O–H groups in total. The highest BCUT2D eigenvalue weighted by Gasteiger charge is 2.10. The van der Waals surface area contributed by atoms with Gasteiger partial charge in [0.25, 0.3) is 5.91 Å². The Bertz CT molecular complexity index is 382. The molecule has 1 atom stereocenters. The molecule has 0 aromatic heterocycles. The van der Waals surface area contributed by atoms with Crippen molar-refractivity contribution >= 4 is 60.4 Å². The molecule has 0 bridgehead atoms. The maximum Gasteiger partial charge on any atom is 0.252 e. The third kappa shape index (κ3) is 4.71. The molecular weight excluding hydrogens is 449 g/mol. The van der Waals surface area contributed by atoms with Crippen molar-refractivity contribution in [2.24, 2.45) is 0 Å². The summed E-state index contributed by atoms with van der Waals surface area (Å²) in [4.78, 5) is 12.3. The number of halogens is 3. The quantitative estimate of drug-likeness (QED) is 0.535. The zero-order valence-electron chi connectivity index (χ0n) is 8.77. The van der Waals surface area contributed by atoms with Crippen molar-refractivity contribution < 1.29 is 4.79 Å². The van der Waals surface area contributed by atoms with Crippen molar-refractivity contribution in [1.29, 1.82) is 0 Å². The van der Waals surface area contributed by atoms with Crippen LogP contribution >= 0.6 is 54.5 Å². The zero-order chi connectivity index (χ0) is 12.1. The molecule has 1 rings (SSSR count). The van der Waals surface area contributed by atoms with E-state index in [-0.39, 0.29) is 5.91 Å². The highest BCUT2D eigenvalue weighted by molar-refractivity contribution is 14.1. The molecule has 0 aliphatic rings. The molecule has 0 aliphatic carbocycles. The summed E-state index contributed by atoms with van der Waals surface area (Å²) >= 11 is 9.02. The summed E-state index contributed by atoms with van der Waals surface area (Å²) in [6.45, 7) is 2.75. The van der Waals surface area contributed by atoms with Gasteiger partial charge in [0.15, 0.2) is 0 Å². The van der Waals surface area contributed by atoms with Crippen molar-refractivity contribution in [1.82, 2.24) is 5.32 Å². The first kappa shape index (κ1) is 14.4. The van der Waals surface area contributed by atoms with Gasteiger partial charge in [-0.1, -0.05) is 22.9 Å². The predicted molar refractivity (Wildman–Crippen MR) is 82.2 cm³/mol. The number of hydrogen-bond acceptors (Lipinski definition) is 1. The van der Waals surface area contributed by atoms with Crippen LogP contribution < -0.4 is 5.32 Å². The smallest absolute Gasteiger partial charge is 0.252 e. The number of benzene rings is 1. The minimum absolute atomic E-state index is 0.0291. The van der Waals surface area contributed by atoms with Gasteiger partial charge >= 0.3 is 0 Å². The van der Waals surface area contributed by atoms with E-state index in [1.54, 1.807) is 0 Å². The van der Waals surface area contributed by atoms with E-state index < -0.39 is 0 Å². The van der Waals surface area contributed by atoms with Crippen molar-refractivity contribution in [3.8, 4) is 0 Å². The fourth-order valence-corrected chi connectivity index (χ4v) is 2.30. The van der Waals surface area contributed by atoms with Crippen molar-refractivity contribution in [3.63, 3.8) is 0 Å². The standard InChI is InChI=1S/C11H12Br2INO/c1-7(12)4-5-15-11(16)9-6-8(14)2-3-10(9)13/h2-3,6-7H,4-5H2,1H3,(H,15,16). The van der Waals surface area contributed by atoms with E-state index in [1.165, 1.54) is 0 Å².